The molecule has 88 valence electrons. The highest BCUT2D eigenvalue weighted by Crippen LogP contribution is 2.09. The van der Waals surface area contributed by atoms with Crippen molar-refractivity contribution in [2.45, 2.75) is 5.75 Å². The molecule has 1 rings (SSSR count). The predicted octanol–water partition coefficient (Wildman–Crippen LogP) is 0.522. The van der Waals surface area contributed by atoms with Crippen LogP contribution in [-0.4, -0.2) is 28.5 Å². The summed E-state index contributed by atoms with van der Waals surface area (Å²) in [6.45, 7) is 0. The van der Waals surface area contributed by atoms with E-state index in [1.165, 1.54) is 20.2 Å². The molecule has 0 aliphatic carbocycles. The fourth-order valence-electron chi connectivity index (χ4n) is 1.20. The molecule has 16 heavy (non-hydrogen) atoms. The van der Waals surface area contributed by atoms with Gasteiger partial charge in [-0.3, -0.25) is 0 Å². The summed E-state index contributed by atoms with van der Waals surface area (Å²) in [7, 11) is -0.700. The van der Waals surface area contributed by atoms with Gasteiger partial charge in [0.25, 0.3) is 0 Å². The molecule has 0 bridgehead atoms. The third-order valence-corrected chi connectivity index (χ3v) is 3.35. The molecule has 1 N–H and O–H groups in total. The Bertz CT molecular complexity index is 481. The second-order valence-corrected chi connectivity index (χ2v) is 5.08. The SMILES string of the molecule is CNS(=O)(=O)Cc1cccc(C(=O)OC)c1. The smallest absolute Gasteiger partial charge is 0.337 e. The van der Waals surface area contributed by atoms with Crippen molar-refractivity contribution in [1.29, 1.82) is 0 Å². The van der Waals surface area contributed by atoms with Gasteiger partial charge in [-0.2, -0.15) is 0 Å². The lowest BCUT2D eigenvalue weighted by molar-refractivity contribution is 0.0600. The number of hydrogen-bond donors (Lipinski definition) is 1. The Morgan fingerprint density at radius 1 is 1.44 bits per heavy atom. The van der Waals surface area contributed by atoms with E-state index >= 15 is 0 Å². The number of esters is 1. The van der Waals surface area contributed by atoms with Crippen LogP contribution in [0.4, 0.5) is 0 Å². The first-order chi connectivity index (χ1) is 7.48. The van der Waals surface area contributed by atoms with E-state index in [2.05, 4.69) is 9.46 Å². The molecular formula is C10H13NO4S. The van der Waals surface area contributed by atoms with Crippen LogP contribution in [0.5, 0.6) is 0 Å². The van der Waals surface area contributed by atoms with Gasteiger partial charge in [0.1, 0.15) is 0 Å². The molecule has 1 aromatic rings. The molecule has 6 heteroatoms. The highest BCUT2D eigenvalue weighted by molar-refractivity contribution is 7.88. The molecule has 1 aromatic carbocycles. The quantitative estimate of drug-likeness (QED) is 0.783. The summed E-state index contributed by atoms with van der Waals surface area (Å²) >= 11 is 0. The van der Waals surface area contributed by atoms with Crippen molar-refractivity contribution < 1.29 is 17.9 Å². The van der Waals surface area contributed by atoms with Crippen molar-refractivity contribution in [1.82, 2.24) is 4.72 Å². The summed E-state index contributed by atoms with van der Waals surface area (Å²) < 4.78 is 29.3. The van der Waals surface area contributed by atoms with Gasteiger partial charge in [0.2, 0.25) is 10.0 Å². The average Bonchev–Trinajstić information content (AvgIpc) is 2.28. The lowest BCUT2D eigenvalue weighted by Gasteiger charge is -2.04. The molecule has 0 aliphatic rings. The van der Waals surface area contributed by atoms with E-state index in [0.29, 0.717) is 11.1 Å². The minimum atomic E-state index is -3.32. The molecule has 0 radical (unpaired) electrons. The van der Waals surface area contributed by atoms with Crippen molar-refractivity contribution in [2.24, 2.45) is 0 Å². The Morgan fingerprint density at radius 3 is 2.69 bits per heavy atom. The topological polar surface area (TPSA) is 72.5 Å². The number of nitrogens with one attached hydrogen (secondary N) is 1. The van der Waals surface area contributed by atoms with Gasteiger partial charge < -0.3 is 4.74 Å². The zero-order valence-electron chi connectivity index (χ0n) is 9.06. The van der Waals surface area contributed by atoms with Crippen molar-refractivity contribution in [2.75, 3.05) is 14.2 Å². The van der Waals surface area contributed by atoms with Crippen LogP contribution in [0.2, 0.25) is 0 Å². The molecule has 0 unspecified atom stereocenters. The van der Waals surface area contributed by atoms with Gasteiger partial charge in [-0.1, -0.05) is 12.1 Å². The number of carbonyl (C=O) groups excluding carboxylic acids is 1. The maximum absolute atomic E-state index is 11.3. The van der Waals surface area contributed by atoms with Gasteiger partial charge in [-0.05, 0) is 24.7 Å². The summed E-state index contributed by atoms with van der Waals surface area (Å²) in [6.07, 6.45) is 0. The van der Waals surface area contributed by atoms with Crippen molar-refractivity contribution in [3.63, 3.8) is 0 Å². The standard InChI is InChI=1S/C10H13NO4S/c1-11-16(13,14)7-8-4-3-5-9(6-8)10(12)15-2/h3-6,11H,7H2,1-2H3. The normalized spacial score (nSPS) is 11.1. The molecule has 0 fully saturated rings. The van der Waals surface area contributed by atoms with Crippen LogP contribution in [0, 0.1) is 0 Å². The molecule has 0 aliphatic heterocycles. The highest BCUT2D eigenvalue weighted by Gasteiger charge is 2.11. The van der Waals surface area contributed by atoms with Gasteiger partial charge in [0.05, 0.1) is 18.4 Å². The summed E-state index contributed by atoms with van der Waals surface area (Å²) in [5.74, 6) is -0.641. The first-order valence-electron chi connectivity index (χ1n) is 4.57. The fourth-order valence-corrected chi connectivity index (χ4v) is 1.96. The first kappa shape index (κ1) is 12.7. The van der Waals surface area contributed by atoms with Gasteiger partial charge in [-0.15, -0.1) is 0 Å². The summed E-state index contributed by atoms with van der Waals surface area (Å²) in [5, 5.41) is 0. The summed E-state index contributed by atoms with van der Waals surface area (Å²) in [5.41, 5.74) is 0.878. The minimum absolute atomic E-state index is 0.158. The van der Waals surface area contributed by atoms with Crippen molar-refractivity contribution >= 4 is 16.0 Å². The van der Waals surface area contributed by atoms with Crippen LogP contribution in [0.25, 0.3) is 0 Å². The van der Waals surface area contributed by atoms with Crippen molar-refractivity contribution in [3.8, 4) is 0 Å². The second kappa shape index (κ2) is 5.09. The Balaban J connectivity index is 2.96. The molecule has 5 nitrogen and oxygen atoms in total. The molecule has 0 saturated carbocycles. The van der Waals surface area contributed by atoms with E-state index in [9.17, 15) is 13.2 Å². The van der Waals surface area contributed by atoms with Crippen LogP contribution >= 0.6 is 0 Å². The van der Waals surface area contributed by atoms with E-state index < -0.39 is 16.0 Å². The first-order valence-corrected chi connectivity index (χ1v) is 6.22. The van der Waals surface area contributed by atoms with Gasteiger partial charge >= 0.3 is 5.97 Å². The number of rotatable bonds is 4. The lowest BCUT2D eigenvalue weighted by atomic mass is 10.1. The largest absolute Gasteiger partial charge is 0.465 e. The van der Waals surface area contributed by atoms with Gasteiger partial charge in [0.15, 0.2) is 0 Å². The number of methoxy groups -OCH3 is 1. The van der Waals surface area contributed by atoms with Crippen LogP contribution < -0.4 is 4.72 Å². The predicted molar refractivity (Wildman–Crippen MR) is 59.5 cm³/mol. The lowest BCUT2D eigenvalue weighted by Crippen LogP contribution is -2.20. The average molecular weight is 243 g/mol. The number of benzene rings is 1. The fraction of sp³-hybridized carbons (Fsp3) is 0.300. The van der Waals surface area contributed by atoms with E-state index in [4.69, 9.17) is 0 Å². The van der Waals surface area contributed by atoms with E-state index in [0.717, 1.165) is 0 Å². The number of ether oxygens (including phenoxy) is 1. The monoisotopic (exact) mass is 243 g/mol. The molecule has 0 atom stereocenters. The minimum Gasteiger partial charge on any atom is -0.465 e. The summed E-state index contributed by atoms with van der Waals surface area (Å²) in [4.78, 5) is 11.2. The molecule has 0 aromatic heterocycles. The Morgan fingerprint density at radius 2 is 2.12 bits per heavy atom. The zero-order valence-corrected chi connectivity index (χ0v) is 9.87. The number of sulfonamides is 1. The van der Waals surface area contributed by atoms with Crippen LogP contribution in [0.1, 0.15) is 15.9 Å². The molecule has 0 spiro atoms. The third kappa shape index (κ3) is 3.32. The Hall–Kier alpha value is -1.40. The van der Waals surface area contributed by atoms with E-state index in [1.54, 1.807) is 18.2 Å². The highest BCUT2D eigenvalue weighted by atomic mass is 32.2. The van der Waals surface area contributed by atoms with Gasteiger partial charge in [0, 0.05) is 0 Å². The molecule has 0 heterocycles. The maximum Gasteiger partial charge on any atom is 0.337 e. The molecule has 0 amide bonds. The van der Waals surface area contributed by atoms with Crippen LogP contribution in [0.3, 0.4) is 0 Å². The Labute approximate surface area is 94.5 Å². The van der Waals surface area contributed by atoms with Gasteiger partial charge in [-0.25, -0.2) is 17.9 Å². The third-order valence-electron chi connectivity index (χ3n) is 2.02. The van der Waals surface area contributed by atoms with Crippen LogP contribution in [0.15, 0.2) is 24.3 Å². The molecule has 0 saturated heterocycles. The second-order valence-electron chi connectivity index (χ2n) is 3.16. The number of carbonyl (C=O) groups is 1. The Kier molecular flexibility index (Phi) is 4.03. The number of hydrogen-bond acceptors (Lipinski definition) is 4. The molecular weight excluding hydrogens is 230 g/mol. The summed E-state index contributed by atoms with van der Waals surface area (Å²) in [6, 6.07) is 6.33. The van der Waals surface area contributed by atoms with Crippen LogP contribution in [-0.2, 0) is 20.5 Å². The van der Waals surface area contributed by atoms with E-state index in [-0.39, 0.29) is 5.75 Å². The van der Waals surface area contributed by atoms with E-state index in [1.807, 2.05) is 0 Å². The maximum atomic E-state index is 11.3. The zero-order chi connectivity index (χ0) is 12.2. The van der Waals surface area contributed by atoms with Crippen molar-refractivity contribution in [3.05, 3.63) is 35.4 Å².